The summed E-state index contributed by atoms with van der Waals surface area (Å²) in [5, 5.41) is 0. The van der Waals surface area contributed by atoms with Crippen LogP contribution in [0.25, 0.3) is 27.8 Å². The van der Waals surface area contributed by atoms with Crippen LogP contribution in [-0.4, -0.2) is 7.05 Å². The van der Waals surface area contributed by atoms with Crippen molar-refractivity contribution in [2.45, 2.75) is 0 Å². The fourth-order valence-electron chi connectivity index (χ4n) is 5.59. The summed E-state index contributed by atoms with van der Waals surface area (Å²) >= 11 is 0. The molecule has 0 aliphatic carbocycles. The van der Waals surface area contributed by atoms with Gasteiger partial charge in [0.05, 0.1) is 0 Å². The molecule has 0 radical (unpaired) electrons. The van der Waals surface area contributed by atoms with E-state index in [4.69, 9.17) is 0 Å². The van der Waals surface area contributed by atoms with Gasteiger partial charge in [-0.25, -0.2) is 0 Å². The lowest BCUT2D eigenvalue weighted by molar-refractivity contribution is 1.21. The van der Waals surface area contributed by atoms with Gasteiger partial charge in [0.15, 0.2) is 0 Å². The first-order chi connectivity index (χ1) is 22.1. The number of hydrogen-bond donors (Lipinski definition) is 0. The molecule has 2 nitrogen and oxygen atoms in total. The van der Waals surface area contributed by atoms with Gasteiger partial charge in [-0.05, 0) is 94.1 Å². The molecule has 218 valence electrons. The van der Waals surface area contributed by atoms with E-state index in [0.717, 1.165) is 39.6 Å². The van der Waals surface area contributed by atoms with Crippen molar-refractivity contribution < 1.29 is 0 Å². The Morgan fingerprint density at radius 2 is 0.933 bits per heavy atom. The second-order valence-corrected chi connectivity index (χ2v) is 10.8. The molecule has 2 heteroatoms. The van der Waals surface area contributed by atoms with Crippen molar-refractivity contribution in [3.63, 3.8) is 0 Å². The standard InChI is InChI=1S/C43H36N2/c1-4-13-33(5-2)35-22-28-41(29-23-35)45(40-17-10-7-11-18-40)42-30-24-37(25-31-42)36-20-26-39(27-21-36)44(3)43-19-12-16-38(32-43)34-14-8-6-9-15-34/h4-32H,1-2H2,3H3/b33-13+. The largest absolute Gasteiger partial charge is 0.345 e. The predicted octanol–water partition coefficient (Wildman–Crippen LogP) is 12.0. The summed E-state index contributed by atoms with van der Waals surface area (Å²) in [5.74, 6) is 0. The van der Waals surface area contributed by atoms with Crippen LogP contribution >= 0.6 is 0 Å². The highest BCUT2D eigenvalue weighted by Gasteiger charge is 2.13. The molecule has 0 heterocycles. The van der Waals surface area contributed by atoms with Gasteiger partial charge in [-0.15, -0.1) is 0 Å². The Morgan fingerprint density at radius 3 is 1.51 bits per heavy atom. The van der Waals surface area contributed by atoms with Gasteiger partial charge in [0.25, 0.3) is 0 Å². The lowest BCUT2D eigenvalue weighted by Crippen LogP contribution is -2.09. The molecule has 0 aliphatic heterocycles. The van der Waals surface area contributed by atoms with Gasteiger partial charge < -0.3 is 9.80 Å². The first kappa shape index (κ1) is 29.2. The van der Waals surface area contributed by atoms with E-state index in [1.54, 1.807) is 6.08 Å². The van der Waals surface area contributed by atoms with Gasteiger partial charge >= 0.3 is 0 Å². The highest BCUT2D eigenvalue weighted by molar-refractivity contribution is 5.81. The monoisotopic (exact) mass is 580 g/mol. The third kappa shape index (κ3) is 6.56. The van der Waals surface area contributed by atoms with Gasteiger partial charge in [0, 0.05) is 35.5 Å². The van der Waals surface area contributed by atoms with Crippen LogP contribution in [0.2, 0.25) is 0 Å². The van der Waals surface area contributed by atoms with Crippen LogP contribution in [0, 0.1) is 0 Å². The fourth-order valence-corrected chi connectivity index (χ4v) is 5.59. The Bertz CT molecular complexity index is 1900. The summed E-state index contributed by atoms with van der Waals surface area (Å²) in [5.41, 5.74) is 12.5. The SMILES string of the molecule is C=C/C=C(\C=C)c1ccc(N(c2ccccc2)c2ccc(-c3ccc(N(C)c4cccc(-c5ccccc5)c4)cc3)cc2)cc1. The molecule has 45 heavy (non-hydrogen) atoms. The minimum atomic E-state index is 1.05. The van der Waals surface area contributed by atoms with Crippen LogP contribution < -0.4 is 9.80 Å². The van der Waals surface area contributed by atoms with Crippen LogP contribution in [0.3, 0.4) is 0 Å². The van der Waals surface area contributed by atoms with Crippen molar-refractivity contribution in [3.05, 3.63) is 195 Å². The molecule has 0 aromatic heterocycles. The Labute approximate surface area is 267 Å². The highest BCUT2D eigenvalue weighted by Crippen LogP contribution is 2.37. The second-order valence-electron chi connectivity index (χ2n) is 10.8. The smallest absolute Gasteiger partial charge is 0.0462 e. The van der Waals surface area contributed by atoms with Crippen LogP contribution in [-0.2, 0) is 0 Å². The lowest BCUT2D eigenvalue weighted by atomic mass is 10.0. The van der Waals surface area contributed by atoms with Gasteiger partial charge in [-0.2, -0.15) is 0 Å². The number of rotatable bonds is 10. The molecular formula is C43H36N2. The summed E-state index contributed by atoms with van der Waals surface area (Å²) in [6.45, 7) is 7.78. The first-order valence-corrected chi connectivity index (χ1v) is 15.1. The molecule has 0 bridgehead atoms. The molecule has 6 aromatic rings. The zero-order valence-electron chi connectivity index (χ0n) is 25.6. The summed E-state index contributed by atoms with van der Waals surface area (Å²) in [4.78, 5) is 4.51. The van der Waals surface area contributed by atoms with Crippen molar-refractivity contribution in [2.24, 2.45) is 0 Å². The second kappa shape index (κ2) is 13.6. The summed E-state index contributed by atoms with van der Waals surface area (Å²) in [7, 11) is 2.12. The van der Waals surface area contributed by atoms with E-state index in [1.807, 2.05) is 18.2 Å². The number of anilines is 5. The number of para-hydroxylation sites is 1. The molecule has 0 atom stereocenters. The minimum absolute atomic E-state index is 1.05. The van der Waals surface area contributed by atoms with Crippen LogP contribution in [0.4, 0.5) is 28.4 Å². The van der Waals surface area contributed by atoms with Gasteiger partial charge in [-0.3, -0.25) is 0 Å². The topological polar surface area (TPSA) is 6.48 Å². The van der Waals surface area contributed by atoms with Crippen molar-refractivity contribution >= 4 is 34.0 Å². The van der Waals surface area contributed by atoms with Crippen molar-refractivity contribution in [3.8, 4) is 22.3 Å². The molecule has 0 saturated carbocycles. The van der Waals surface area contributed by atoms with Crippen LogP contribution in [0.5, 0.6) is 0 Å². The lowest BCUT2D eigenvalue weighted by Gasteiger charge is -2.26. The van der Waals surface area contributed by atoms with E-state index in [-0.39, 0.29) is 0 Å². The predicted molar refractivity (Wildman–Crippen MR) is 195 cm³/mol. The van der Waals surface area contributed by atoms with Crippen LogP contribution in [0.1, 0.15) is 5.56 Å². The van der Waals surface area contributed by atoms with Crippen molar-refractivity contribution in [1.29, 1.82) is 0 Å². The summed E-state index contributed by atoms with van der Waals surface area (Å²) < 4.78 is 0. The molecule has 6 rings (SSSR count). The molecule has 0 fully saturated rings. The molecule has 0 amide bonds. The van der Waals surface area contributed by atoms with Gasteiger partial charge in [-0.1, -0.05) is 128 Å². The Morgan fingerprint density at radius 1 is 0.467 bits per heavy atom. The summed E-state index contributed by atoms with van der Waals surface area (Å²) in [6.07, 6.45) is 5.63. The average molecular weight is 581 g/mol. The highest BCUT2D eigenvalue weighted by atomic mass is 15.1. The maximum atomic E-state index is 3.95. The van der Waals surface area contributed by atoms with E-state index in [0.29, 0.717) is 0 Å². The van der Waals surface area contributed by atoms with E-state index in [2.05, 4.69) is 182 Å². The zero-order chi connectivity index (χ0) is 31.0. The molecule has 6 aromatic carbocycles. The molecule has 0 N–H and O–H groups in total. The summed E-state index contributed by atoms with van der Waals surface area (Å²) in [6, 6.07) is 55.8. The molecular weight excluding hydrogens is 544 g/mol. The average Bonchev–Trinajstić information content (AvgIpc) is 3.12. The molecule has 0 aliphatic rings. The molecule has 0 spiro atoms. The Hall–Kier alpha value is -5.86. The number of hydrogen-bond acceptors (Lipinski definition) is 2. The van der Waals surface area contributed by atoms with Crippen molar-refractivity contribution in [2.75, 3.05) is 16.8 Å². The van der Waals surface area contributed by atoms with Crippen molar-refractivity contribution in [1.82, 2.24) is 0 Å². The minimum Gasteiger partial charge on any atom is -0.345 e. The van der Waals surface area contributed by atoms with E-state index in [1.165, 1.54) is 22.3 Å². The van der Waals surface area contributed by atoms with Crippen LogP contribution in [0.15, 0.2) is 189 Å². The Balaban J connectivity index is 1.24. The maximum Gasteiger partial charge on any atom is 0.0462 e. The third-order valence-electron chi connectivity index (χ3n) is 8.04. The number of allylic oxidation sites excluding steroid dienone is 4. The first-order valence-electron chi connectivity index (χ1n) is 15.1. The zero-order valence-corrected chi connectivity index (χ0v) is 25.6. The quantitative estimate of drug-likeness (QED) is 0.149. The third-order valence-corrected chi connectivity index (χ3v) is 8.04. The molecule has 0 unspecified atom stereocenters. The number of nitrogens with zero attached hydrogens (tertiary/aromatic N) is 2. The van der Waals surface area contributed by atoms with E-state index in [9.17, 15) is 0 Å². The maximum absolute atomic E-state index is 3.95. The Kier molecular flexibility index (Phi) is 8.85. The van der Waals surface area contributed by atoms with Gasteiger partial charge in [0.2, 0.25) is 0 Å². The van der Waals surface area contributed by atoms with E-state index < -0.39 is 0 Å². The number of benzene rings is 6. The van der Waals surface area contributed by atoms with E-state index >= 15 is 0 Å². The fraction of sp³-hybridized carbons (Fsp3) is 0.0233. The van der Waals surface area contributed by atoms with Gasteiger partial charge in [0.1, 0.15) is 0 Å². The molecule has 0 saturated heterocycles. The normalized spacial score (nSPS) is 11.1.